The average Bonchev–Trinajstić information content (AvgIpc) is 2.94. The van der Waals surface area contributed by atoms with Crippen molar-refractivity contribution in [2.75, 3.05) is 7.11 Å². The maximum absolute atomic E-state index is 5.46. The van der Waals surface area contributed by atoms with Crippen LogP contribution in [0.1, 0.15) is 23.6 Å². The Labute approximate surface area is 113 Å². The topological polar surface area (TPSA) is 34.1 Å². The van der Waals surface area contributed by atoms with E-state index in [1.54, 1.807) is 7.11 Å². The summed E-state index contributed by atoms with van der Waals surface area (Å²) in [6, 6.07) is 8.09. The van der Waals surface area contributed by atoms with E-state index in [4.69, 9.17) is 4.74 Å². The number of nitrogens with zero attached hydrogens (tertiary/aromatic N) is 1. The summed E-state index contributed by atoms with van der Waals surface area (Å²) in [5, 5.41) is 3.40. The molecule has 0 saturated carbocycles. The summed E-state index contributed by atoms with van der Waals surface area (Å²) in [4.78, 5) is 4.68. The summed E-state index contributed by atoms with van der Waals surface area (Å²) in [5.74, 6) is 0.885. The molecule has 0 bridgehead atoms. The second-order valence-electron chi connectivity index (χ2n) is 4.75. The Hall–Kier alpha value is -1.87. The Balaban J connectivity index is 2.20. The number of rotatable bonds is 3. The second kappa shape index (κ2) is 5.02. The summed E-state index contributed by atoms with van der Waals surface area (Å²) < 4.78 is 5.46. The largest absolute Gasteiger partial charge is 0.496 e. The third kappa shape index (κ3) is 2.00. The van der Waals surface area contributed by atoms with Gasteiger partial charge in [0.2, 0.25) is 0 Å². The van der Waals surface area contributed by atoms with Crippen LogP contribution in [-0.4, -0.2) is 12.1 Å². The number of hydrogen-bond donors (Lipinski definition) is 1. The first-order valence-electron chi connectivity index (χ1n) is 6.69. The molecule has 0 spiro atoms. The fourth-order valence-electron chi connectivity index (χ4n) is 2.78. The van der Waals surface area contributed by atoms with Crippen molar-refractivity contribution in [2.45, 2.75) is 26.4 Å². The normalized spacial score (nSPS) is 13.4. The zero-order valence-corrected chi connectivity index (χ0v) is 11.4. The zero-order valence-electron chi connectivity index (χ0n) is 11.4. The van der Waals surface area contributed by atoms with Crippen LogP contribution < -0.4 is 10.1 Å². The van der Waals surface area contributed by atoms with Crippen molar-refractivity contribution in [3.63, 3.8) is 0 Å². The van der Waals surface area contributed by atoms with Gasteiger partial charge in [-0.15, -0.1) is 0 Å². The van der Waals surface area contributed by atoms with Gasteiger partial charge in [0, 0.05) is 24.8 Å². The number of nitrogens with one attached hydrogen (secondary N) is 1. The molecule has 0 amide bonds. The van der Waals surface area contributed by atoms with E-state index >= 15 is 0 Å². The SMILES string of the molecule is CCc1c(-c2ccccc2OC)ncc2c1CNC2. The van der Waals surface area contributed by atoms with Gasteiger partial charge in [0.25, 0.3) is 0 Å². The van der Waals surface area contributed by atoms with Crippen molar-refractivity contribution in [3.05, 3.63) is 47.2 Å². The van der Waals surface area contributed by atoms with Gasteiger partial charge in [-0.05, 0) is 35.2 Å². The molecule has 1 aliphatic rings. The number of benzene rings is 1. The molecule has 2 heterocycles. The van der Waals surface area contributed by atoms with Crippen molar-refractivity contribution < 1.29 is 4.74 Å². The van der Waals surface area contributed by atoms with E-state index < -0.39 is 0 Å². The van der Waals surface area contributed by atoms with Gasteiger partial charge >= 0.3 is 0 Å². The van der Waals surface area contributed by atoms with Gasteiger partial charge in [0.05, 0.1) is 12.8 Å². The van der Waals surface area contributed by atoms with Crippen LogP contribution in [-0.2, 0) is 19.5 Å². The van der Waals surface area contributed by atoms with E-state index in [0.717, 1.165) is 36.5 Å². The minimum atomic E-state index is 0.885. The first-order valence-corrected chi connectivity index (χ1v) is 6.69. The van der Waals surface area contributed by atoms with E-state index in [2.05, 4.69) is 23.3 Å². The molecule has 0 aliphatic carbocycles. The Bertz CT molecular complexity index is 608. The number of pyridine rings is 1. The highest BCUT2D eigenvalue weighted by atomic mass is 16.5. The number of ether oxygens (including phenoxy) is 1. The maximum Gasteiger partial charge on any atom is 0.128 e. The fourth-order valence-corrected chi connectivity index (χ4v) is 2.78. The van der Waals surface area contributed by atoms with Crippen molar-refractivity contribution in [2.24, 2.45) is 0 Å². The molecule has 1 aliphatic heterocycles. The van der Waals surface area contributed by atoms with Crippen LogP contribution in [0.2, 0.25) is 0 Å². The number of aromatic nitrogens is 1. The molecule has 0 unspecified atom stereocenters. The van der Waals surface area contributed by atoms with Crippen LogP contribution >= 0.6 is 0 Å². The molecule has 98 valence electrons. The molecule has 0 fully saturated rings. The molecule has 19 heavy (non-hydrogen) atoms. The van der Waals surface area contributed by atoms with Crippen molar-refractivity contribution in [1.82, 2.24) is 10.3 Å². The molecular formula is C16H18N2O. The summed E-state index contributed by atoms with van der Waals surface area (Å²) in [5.41, 5.74) is 6.22. The Morgan fingerprint density at radius 2 is 2.11 bits per heavy atom. The van der Waals surface area contributed by atoms with Gasteiger partial charge in [-0.2, -0.15) is 0 Å². The molecule has 1 aromatic heterocycles. The zero-order chi connectivity index (χ0) is 13.2. The highest BCUT2D eigenvalue weighted by Gasteiger charge is 2.19. The van der Waals surface area contributed by atoms with E-state index in [1.807, 2.05) is 24.4 Å². The quantitative estimate of drug-likeness (QED) is 0.914. The highest BCUT2D eigenvalue weighted by Crippen LogP contribution is 2.34. The Morgan fingerprint density at radius 1 is 1.26 bits per heavy atom. The van der Waals surface area contributed by atoms with Gasteiger partial charge in [-0.25, -0.2) is 0 Å². The molecule has 3 heteroatoms. The van der Waals surface area contributed by atoms with E-state index in [1.165, 1.54) is 16.7 Å². The van der Waals surface area contributed by atoms with Crippen LogP contribution in [0.25, 0.3) is 11.3 Å². The third-order valence-corrected chi connectivity index (χ3v) is 3.72. The van der Waals surface area contributed by atoms with E-state index in [-0.39, 0.29) is 0 Å². The van der Waals surface area contributed by atoms with Crippen molar-refractivity contribution in [3.8, 4) is 17.0 Å². The van der Waals surface area contributed by atoms with Crippen LogP contribution in [0.5, 0.6) is 5.75 Å². The molecular weight excluding hydrogens is 236 g/mol. The fraction of sp³-hybridized carbons (Fsp3) is 0.312. The van der Waals surface area contributed by atoms with Crippen molar-refractivity contribution in [1.29, 1.82) is 0 Å². The summed E-state index contributed by atoms with van der Waals surface area (Å²) in [7, 11) is 1.71. The van der Waals surface area contributed by atoms with Gasteiger partial charge in [-0.1, -0.05) is 19.1 Å². The van der Waals surface area contributed by atoms with Crippen molar-refractivity contribution >= 4 is 0 Å². The van der Waals surface area contributed by atoms with Crippen LogP contribution in [0.3, 0.4) is 0 Å². The van der Waals surface area contributed by atoms with Gasteiger partial charge < -0.3 is 10.1 Å². The lowest BCUT2D eigenvalue weighted by molar-refractivity contribution is 0.416. The minimum absolute atomic E-state index is 0.885. The highest BCUT2D eigenvalue weighted by molar-refractivity contribution is 5.71. The predicted octanol–water partition coefficient (Wildman–Crippen LogP) is 2.92. The van der Waals surface area contributed by atoms with E-state index in [9.17, 15) is 0 Å². The number of para-hydroxylation sites is 1. The molecule has 0 atom stereocenters. The number of hydrogen-bond acceptors (Lipinski definition) is 3. The standard InChI is InChI=1S/C16H18N2O/c1-3-12-14-10-17-8-11(14)9-18-16(12)13-6-4-5-7-15(13)19-2/h4-7,9,17H,3,8,10H2,1-2H3. The van der Waals surface area contributed by atoms with Crippen LogP contribution in [0.4, 0.5) is 0 Å². The first-order chi connectivity index (χ1) is 9.35. The lowest BCUT2D eigenvalue weighted by atomic mass is 9.96. The first kappa shape index (κ1) is 12.2. The lowest BCUT2D eigenvalue weighted by Crippen LogP contribution is -2.02. The molecule has 3 nitrogen and oxygen atoms in total. The van der Waals surface area contributed by atoms with Crippen LogP contribution in [0.15, 0.2) is 30.5 Å². The van der Waals surface area contributed by atoms with Crippen LogP contribution in [0, 0.1) is 0 Å². The molecule has 0 radical (unpaired) electrons. The number of methoxy groups -OCH3 is 1. The molecule has 1 N–H and O–H groups in total. The predicted molar refractivity (Wildman–Crippen MR) is 76.1 cm³/mol. The Morgan fingerprint density at radius 3 is 2.89 bits per heavy atom. The Kier molecular flexibility index (Phi) is 3.22. The summed E-state index contributed by atoms with van der Waals surface area (Å²) in [6.45, 7) is 4.07. The third-order valence-electron chi connectivity index (χ3n) is 3.72. The second-order valence-corrected chi connectivity index (χ2v) is 4.75. The summed E-state index contributed by atoms with van der Waals surface area (Å²) >= 11 is 0. The molecule has 2 aromatic rings. The maximum atomic E-state index is 5.46. The molecule has 1 aromatic carbocycles. The van der Waals surface area contributed by atoms with Gasteiger partial charge in [0.1, 0.15) is 5.75 Å². The summed E-state index contributed by atoms with van der Waals surface area (Å²) in [6.07, 6.45) is 2.99. The average molecular weight is 254 g/mol. The molecule has 0 saturated heterocycles. The van der Waals surface area contributed by atoms with Gasteiger partial charge in [0.15, 0.2) is 0 Å². The number of fused-ring (bicyclic) bond motifs is 1. The van der Waals surface area contributed by atoms with E-state index in [0.29, 0.717) is 0 Å². The smallest absolute Gasteiger partial charge is 0.128 e. The monoisotopic (exact) mass is 254 g/mol. The minimum Gasteiger partial charge on any atom is -0.496 e. The molecule has 3 rings (SSSR count). The lowest BCUT2D eigenvalue weighted by Gasteiger charge is -2.14. The van der Waals surface area contributed by atoms with Gasteiger partial charge in [-0.3, -0.25) is 4.98 Å².